The van der Waals surface area contributed by atoms with E-state index in [0.29, 0.717) is 17.9 Å². The lowest BCUT2D eigenvalue weighted by Gasteiger charge is -2.21. The fourth-order valence-corrected chi connectivity index (χ4v) is 3.46. The van der Waals surface area contributed by atoms with Crippen LogP contribution in [-0.2, 0) is 27.2 Å². The van der Waals surface area contributed by atoms with E-state index in [0.717, 1.165) is 43.9 Å². The van der Waals surface area contributed by atoms with Crippen LogP contribution in [0.15, 0.2) is 53.5 Å². The molecule has 3 rings (SSSR count). The van der Waals surface area contributed by atoms with Crippen LogP contribution in [0.1, 0.15) is 30.4 Å². The number of nitrogens with one attached hydrogen (secondary N) is 1. The van der Waals surface area contributed by atoms with E-state index >= 15 is 0 Å². The first-order chi connectivity index (χ1) is 17.4. The number of hydrogen-bond donors (Lipinski definition) is 3. The molecule has 0 atom stereocenters. The van der Waals surface area contributed by atoms with Crippen LogP contribution in [0, 0.1) is 5.92 Å². The number of aldehydes is 1. The third-order valence-corrected chi connectivity index (χ3v) is 5.28. The van der Waals surface area contributed by atoms with Gasteiger partial charge in [0.2, 0.25) is 0 Å². The van der Waals surface area contributed by atoms with E-state index in [-0.39, 0.29) is 12.4 Å². The molecular weight excluding hydrogens is 460 g/mol. The van der Waals surface area contributed by atoms with Gasteiger partial charge in [0.05, 0.1) is 20.6 Å². The highest BCUT2D eigenvalue weighted by molar-refractivity contribution is 5.92. The number of ether oxygens (including phenoxy) is 3. The third kappa shape index (κ3) is 13.5. The highest BCUT2D eigenvalue weighted by Gasteiger charge is 2.11. The van der Waals surface area contributed by atoms with Gasteiger partial charge in [0.15, 0.2) is 17.5 Å². The second kappa shape index (κ2) is 18.8. The predicted molar refractivity (Wildman–Crippen MR) is 142 cm³/mol. The SMILES string of the molecule is CNCC1CCOCC1.COc1ccc(CC(=O)N=C(N)N)cc1OC.O=CCCc1ccccc1. The largest absolute Gasteiger partial charge is 0.493 e. The second-order valence-electron chi connectivity index (χ2n) is 8.10. The molecule has 1 heterocycles. The smallest absolute Gasteiger partial charge is 0.253 e. The topological polar surface area (TPSA) is 138 Å². The van der Waals surface area contributed by atoms with Crippen molar-refractivity contribution in [1.82, 2.24) is 5.32 Å². The van der Waals surface area contributed by atoms with Crippen molar-refractivity contribution in [3.05, 3.63) is 59.7 Å². The fourth-order valence-electron chi connectivity index (χ4n) is 3.46. The number of carbonyl (C=O) groups is 2. The van der Waals surface area contributed by atoms with Gasteiger partial charge in [-0.3, -0.25) is 4.79 Å². The molecule has 0 unspecified atom stereocenters. The van der Waals surface area contributed by atoms with Crippen LogP contribution in [0.2, 0.25) is 0 Å². The van der Waals surface area contributed by atoms with Crippen LogP contribution in [0.5, 0.6) is 11.5 Å². The zero-order chi connectivity index (χ0) is 26.6. The molecule has 0 aromatic heterocycles. The van der Waals surface area contributed by atoms with Crippen molar-refractivity contribution in [3.63, 3.8) is 0 Å². The molecule has 1 amide bonds. The van der Waals surface area contributed by atoms with Gasteiger partial charge in [-0.15, -0.1) is 0 Å². The van der Waals surface area contributed by atoms with Gasteiger partial charge in [-0.1, -0.05) is 36.4 Å². The van der Waals surface area contributed by atoms with Gasteiger partial charge in [-0.05, 0) is 62.0 Å². The summed E-state index contributed by atoms with van der Waals surface area (Å²) < 4.78 is 15.4. The maximum absolute atomic E-state index is 11.4. The number of aliphatic imine (C=N–C) groups is 1. The Kier molecular flexibility index (Phi) is 16.0. The molecule has 5 N–H and O–H groups in total. The monoisotopic (exact) mass is 500 g/mol. The molecule has 0 radical (unpaired) electrons. The summed E-state index contributed by atoms with van der Waals surface area (Å²) in [6, 6.07) is 15.2. The molecule has 1 saturated heterocycles. The summed E-state index contributed by atoms with van der Waals surface area (Å²) in [5.41, 5.74) is 12.2. The number of guanidine groups is 1. The van der Waals surface area contributed by atoms with Gasteiger partial charge in [-0.2, -0.15) is 4.99 Å². The van der Waals surface area contributed by atoms with Gasteiger partial charge in [0, 0.05) is 19.6 Å². The Hall–Kier alpha value is -3.43. The van der Waals surface area contributed by atoms with Crippen molar-refractivity contribution in [2.24, 2.45) is 22.4 Å². The van der Waals surface area contributed by atoms with Crippen molar-refractivity contribution in [2.75, 3.05) is 41.0 Å². The number of methoxy groups -OCH3 is 2. The molecule has 36 heavy (non-hydrogen) atoms. The molecule has 1 aliphatic heterocycles. The van der Waals surface area contributed by atoms with Crippen molar-refractivity contribution in [2.45, 2.75) is 32.1 Å². The minimum absolute atomic E-state index is 0.109. The standard InChI is InChI=1S/C11H15N3O3.C9H10O.C7H15NO/c1-16-8-4-3-7(5-9(8)17-2)6-10(15)14-11(12)13;10-8-4-7-9-5-2-1-3-6-9;1-8-6-7-2-4-9-5-3-7/h3-5H,6H2,1-2H3,(H4,12,13,14,15);1-3,5-6,8H,4,7H2;7-8H,2-6H2,1H3. The second-order valence-corrected chi connectivity index (χ2v) is 8.10. The molecule has 0 bridgehead atoms. The van der Waals surface area contributed by atoms with Gasteiger partial charge in [0.25, 0.3) is 5.91 Å². The summed E-state index contributed by atoms with van der Waals surface area (Å²) in [5, 5.41) is 3.18. The van der Waals surface area contributed by atoms with Crippen LogP contribution in [0.3, 0.4) is 0 Å². The molecule has 2 aromatic carbocycles. The fraction of sp³-hybridized carbons (Fsp3) is 0.444. The van der Waals surface area contributed by atoms with Gasteiger partial charge < -0.3 is 35.8 Å². The number of benzene rings is 2. The Morgan fingerprint density at radius 1 is 1.06 bits per heavy atom. The van der Waals surface area contributed by atoms with Gasteiger partial charge >= 0.3 is 0 Å². The molecule has 0 spiro atoms. The summed E-state index contributed by atoms with van der Waals surface area (Å²) in [6.07, 6.45) is 5.03. The number of aryl methyl sites for hydroxylation is 1. The number of rotatable bonds is 9. The summed E-state index contributed by atoms with van der Waals surface area (Å²) in [6.45, 7) is 3.09. The summed E-state index contributed by atoms with van der Waals surface area (Å²) in [4.78, 5) is 24.8. The average molecular weight is 501 g/mol. The van der Waals surface area contributed by atoms with Crippen molar-refractivity contribution in [1.29, 1.82) is 0 Å². The number of amides is 1. The van der Waals surface area contributed by atoms with E-state index in [1.54, 1.807) is 25.3 Å². The zero-order valence-electron chi connectivity index (χ0n) is 21.6. The lowest BCUT2D eigenvalue weighted by atomic mass is 10.0. The molecule has 0 saturated carbocycles. The quantitative estimate of drug-likeness (QED) is 0.271. The average Bonchev–Trinajstić information content (AvgIpc) is 2.89. The van der Waals surface area contributed by atoms with Gasteiger partial charge in [0.1, 0.15) is 6.29 Å². The maximum atomic E-state index is 11.4. The molecule has 9 heteroatoms. The van der Waals surface area contributed by atoms with E-state index in [1.165, 1.54) is 25.5 Å². The van der Waals surface area contributed by atoms with E-state index < -0.39 is 5.91 Å². The number of nitrogens with zero attached hydrogens (tertiary/aromatic N) is 1. The summed E-state index contributed by atoms with van der Waals surface area (Å²) in [7, 11) is 5.08. The minimum atomic E-state index is -0.405. The highest BCUT2D eigenvalue weighted by Crippen LogP contribution is 2.27. The minimum Gasteiger partial charge on any atom is -0.493 e. The summed E-state index contributed by atoms with van der Waals surface area (Å²) in [5.74, 6) is 1.38. The lowest BCUT2D eigenvalue weighted by molar-refractivity contribution is -0.117. The van der Waals surface area contributed by atoms with Crippen LogP contribution in [0.4, 0.5) is 0 Å². The van der Waals surface area contributed by atoms with Crippen LogP contribution in [-0.4, -0.2) is 59.2 Å². The van der Waals surface area contributed by atoms with Crippen molar-refractivity contribution >= 4 is 18.2 Å². The molecule has 2 aromatic rings. The predicted octanol–water partition coefficient (Wildman–Crippen LogP) is 2.50. The van der Waals surface area contributed by atoms with Crippen molar-refractivity contribution in [3.8, 4) is 11.5 Å². The van der Waals surface area contributed by atoms with Crippen LogP contribution >= 0.6 is 0 Å². The number of nitrogens with two attached hydrogens (primary N) is 2. The molecule has 1 fully saturated rings. The Labute approximate surface area is 214 Å². The first-order valence-corrected chi connectivity index (χ1v) is 12.0. The van der Waals surface area contributed by atoms with E-state index in [1.807, 2.05) is 37.4 Å². The highest BCUT2D eigenvalue weighted by atomic mass is 16.5. The molecule has 0 aliphatic carbocycles. The number of hydrogen-bond acceptors (Lipinski definition) is 6. The Morgan fingerprint density at radius 2 is 1.72 bits per heavy atom. The molecule has 198 valence electrons. The van der Waals surface area contributed by atoms with E-state index in [4.69, 9.17) is 25.7 Å². The van der Waals surface area contributed by atoms with E-state index in [9.17, 15) is 9.59 Å². The van der Waals surface area contributed by atoms with Gasteiger partial charge in [-0.25, -0.2) is 0 Å². The Bertz CT molecular complexity index is 909. The Balaban J connectivity index is 0.000000290. The lowest BCUT2D eigenvalue weighted by Crippen LogP contribution is -2.25. The first-order valence-electron chi connectivity index (χ1n) is 12.0. The normalized spacial score (nSPS) is 12.6. The molecule has 9 nitrogen and oxygen atoms in total. The molecular formula is C27H40N4O5. The van der Waals surface area contributed by atoms with E-state index in [2.05, 4.69) is 10.3 Å². The van der Waals surface area contributed by atoms with Crippen LogP contribution < -0.4 is 26.3 Å². The first kappa shape index (κ1) is 30.6. The van der Waals surface area contributed by atoms with Crippen LogP contribution in [0.25, 0.3) is 0 Å². The number of carbonyl (C=O) groups excluding carboxylic acids is 2. The summed E-state index contributed by atoms with van der Waals surface area (Å²) >= 11 is 0. The van der Waals surface area contributed by atoms with Crippen molar-refractivity contribution < 1.29 is 23.8 Å². The zero-order valence-corrected chi connectivity index (χ0v) is 21.6. The Morgan fingerprint density at radius 3 is 2.28 bits per heavy atom. The maximum Gasteiger partial charge on any atom is 0.253 e. The molecule has 1 aliphatic rings. The third-order valence-electron chi connectivity index (χ3n) is 5.28.